The number of nitriles is 1. The molecule has 4 heteroatoms. The van der Waals surface area contributed by atoms with Crippen molar-refractivity contribution >= 4 is 17.0 Å². The summed E-state index contributed by atoms with van der Waals surface area (Å²) in [5.74, 6) is 0. The third-order valence-electron chi connectivity index (χ3n) is 2.96. The minimum Gasteiger partial charge on any atom is -0.369 e. The lowest BCUT2D eigenvalue weighted by Crippen LogP contribution is -2.17. The summed E-state index contributed by atoms with van der Waals surface area (Å²) in [5, 5.41) is 8.87. The first-order chi connectivity index (χ1) is 8.61. The van der Waals surface area contributed by atoms with Crippen molar-refractivity contribution in [3.8, 4) is 6.07 Å². The molecule has 92 valence electrons. The molecule has 2 aromatic rings. The predicted octanol–water partition coefficient (Wildman–Crippen LogP) is 3.27. The third kappa shape index (κ3) is 2.52. The molecule has 0 unspecified atom stereocenters. The summed E-state index contributed by atoms with van der Waals surface area (Å²) in [7, 11) is 2.06. The van der Waals surface area contributed by atoms with Crippen LogP contribution in [0.2, 0.25) is 0 Å². The molecular formula is C14H15N3S. The van der Waals surface area contributed by atoms with E-state index in [1.165, 1.54) is 4.88 Å². The second-order valence-electron chi connectivity index (χ2n) is 4.33. The number of nitrogens with zero attached hydrogens (tertiary/aromatic N) is 3. The zero-order chi connectivity index (χ0) is 13.1. The molecule has 0 spiro atoms. The van der Waals surface area contributed by atoms with E-state index in [4.69, 9.17) is 5.26 Å². The molecule has 0 bridgehead atoms. The van der Waals surface area contributed by atoms with Crippen LogP contribution in [0.5, 0.6) is 0 Å². The van der Waals surface area contributed by atoms with Crippen LogP contribution in [0.15, 0.2) is 23.7 Å². The van der Waals surface area contributed by atoms with Crippen LogP contribution in [0.4, 0.5) is 5.69 Å². The molecule has 0 aliphatic heterocycles. The molecule has 0 aliphatic rings. The van der Waals surface area contributed by atoms with Crippen molar-refractivity contribution in [1.29, 1.82) is 5.26 Å². The lowest BCUT2D eigenvalue weighted by Gasteiger charge is -2.21. The number of hydrogen-bond donors (Lipinski definition) is 0. The van der Waals surface area contributed by atoms with E-state index < -0.39 is 0 Å². The molecule has 0 amide bonds. The summed E-state index contributed by atoms with van der Waals surface area (Å²) in [6, 6.07) is 7.95. The second kappa shape index (κ2) is 5.19. The molecule has 1 aromatic heterocycles. The average molecular weight is 257 g/mol. The lowest BCUT2D eigenvalue weighted by atomic mass is 10.1. The van der Waals surface area contributed by atoms with Gasteiger partial charge in [0.1, 0.15) is 0 Å². The Bertz CT molecular complexity index is 595. The molecule has 0 N–H and O–H groups in total. The van der Waals surface area contributed by atoms with Crippen molar-refractivity contribution in [3.05, 3.63) is 45.4 Å². The molecule has 3 nitrogen and oxygen atoms in total. The fraction of sp³-hybridized carbons (Fsp3) is 0.286. The Kier molecular flexibility index (Phi) is 3.63. The van der Waals surface area contributed by atoms with Gasteiger partial charge in [-0.2, -0.15) is 5.26 Å². The number of aryl methyl sites for hydroxylation is 2. The number of aromatic nitrogens is 1. The van der Waals surface area contributed by atoms with Gasteiger partial charge in [0.2, 0.25) is 0 Å². The van der Waals surface area contributed by atoms with Gasteiger partial charge < -0.3 is 4.90 Å². The topological polar surface area (TPSA) is 39.9 Å². The van der Waals surface area contributed by atoms with Crippen LogP contribution in [0.25, 0.3) is 0 Å². The molecule has 0 radical (unpaired) electrons. The van der Waals surface area contributed by atoms with E-state index in [-0.39, 0.29) is 0 Å². The van der Waals surface area contributed by atoms with E-state index in [1.807, 2.05) is 37.6 Å². The molecule has 0 aliphatic carbocycles. The molecule has 1 aromatic carbocycles. The summed E-state index contributed by atoms with van der Waals surface area (Å²) in [5.41, 5.74) is 5.96. The van der Waals surface area contributed by atoms with Crippen molar-refractivity contribution in [1.82, 2.24) is 4.98 Å². The summed E-state index contributed by atoms with van der Waals surface area (Å²) in [6.45, 7) is 4.92. The highest BCUT2D eigenvalue weighted by atomic mass is 32.1. The normalized spacial score (nSPS) is 10.1. The van der Waals surface area contributed by atoms with E-state index in [2.05, 4.69) is 23.0 Å². The van der Waals surface area contributed by atoms with Crippen LogP contribution in [0.3, 0.4) is 0 Å². The smallest absolute Gasteiger partial charge is 0.0991 e. The zero-order valence-corrected chi connectivity index (χ0v) is 11.6. The van der Waals surface area contributed by atoms with Crippen molar-refractivity contribution < 1.29 is 0 Å². The third-order valence-corrected chi connectivity index (χ3v) is 3.88. The van der Waals surface area contributed by atoms with Crippen LogP contribution < -0.4 is 4.90 Å². The SMILES string of the molecule is Cc1cc(C#N)ccc1N(C)Cc1scnc1C. The van der Waals surface area contributed by atoms with Crippen LogP contribution in [0, 0.1) is 25.2 Å². The number of thiazole rings is 1. The molecule has 2 rings (SSSR count). The maximum Gasteiger partial charge on any atom is 0.0991 e. The Morgan fingerprint density at radius 1 is 1.39 bits per heavy atom. The summed E-state index contributed by atoms with van der Waals surface area (Å²) < 4.78 is 0. The highest BCUT2D eigenvalue weighted by Gasteiger charge is 2.09. The maximum atomic E-state index is 8.87. The van der Waals surface area contributed by atoms with Gasteiger partial charge in [-0.25, -0.2) is 4.98 Å². The molecule has 0 saturated heterocycles. The fourth-order valence-corrected chi connectivity index (χ4v) is 2.76. The number of hydrogen-bond acceptors (Lipinski definition) is 4. The summed E-state index contributed by atoms with van der Waals surface area (Å²) >= 11 is 1.68. The van der Waals surface area contributed by atoms with E-state index >= 15 is 0 Å². The van der Waals surface area contributed by atoms with E-state index in [0.29, 0.717) is 5.56 Å². The number of benzene rings is 1. The van der Waals surface area contributed by atoms with Crippen molar-refractivity contribution in [3.63, 3.8) is 0 Å². The van der Waals surface area contributed by atoms with Gasteiger partial charge in [0, 0.05) is 17.6 Å². The quantitative estimate of drug-likeness (QED) is 0.847. The van der Waals surface area contributed by atoms with Crippen LogP contribution in [0.1, 0.15) is 21.7 Å². The summed E-state index contributed by atoms with van der Waals surface area (Å²) in [6.07, 6.45) is 0. The summed E-state index contributed by atoms with van der Waals surface area (Å²) in [4.78, 5) is 7.73. The molecule has 1 heterocycles. The van der Waals surface area contributed by atoms with E-state index in [0.717, 1.165) is 23.5 Å². The monoisotopic (exact) mass is 257 g/mol. The highest BCUT2D eigenvalue weighted by Crippen LogP contribution is 2.23. The Balaban J connectivity index is 2.22. The second-order valence-corrected chi connectivity index (χ2v) is 5.27. The standard InChI is InChI=1S/C14H15N3S/c1-10-6-12(7-15)4-5-13(10)17(3)8-14-11(2)16-9-18-14/h4-6,9H,8H2,1-3H3. The zero-order valence-electron chi connectivity index (χ0n) is 10.8. The number of rotatable bonds is 3. The first kappa shape index (κ1) is 12.6. The predicted molar refractivity (Wildman–Crippen MR) is 74.9 cm³/mol. The first-order valence-corrected chi connectivity index (χ1v) is 6.60. The van der Waals surface area contributed by atoms with E-state index in [9.17, 15) is 0 Å². The first-order valence-electron chi connectivity index (χ1n) is 5.72. The molecule has 0 fully saturated rings. The molecule has 0 atom stereocenters. The van der Waals surface area contributed by atoms with Gasteiger partial charge in [-0.05, 0) is 37.6 Å². The van der Waals surface area contributed by atoms with Crippen LogP contribution in [-0.4, -0.2) is 12.0 Å². The lowest BCUT2D eigenvalue weighted by molar-refractivity contribution is 0.920. The van der Waals surface area contributed by atoms with Crippen molar-refractivity contribution in [2.45, 2.75) is 20.4 Å². The molecule has 0 saturated carbocycles. The van der Waals surface area contributed by atoms with Gasteiger partial charge in [-0.15, -0.1) is 11.3 Å². The van der Waals surface area contributed by atoms with Crippen LogP contribution >= 0.6 is 11.3 Å². The Labute approximate surface area is 111 Å². The van der Waals surface area contributed by atoms with Crippen LogP contribution in [-0.2, 0) is 6.54 Å². The number of anilines is 1. The van der Waals surface area contributed by atoms with Gasteiger partial charge in [0.05, 0.1) is 29.4 Å². The Morgan fingerprint density at radius 3 is 2.72 bits per heavy atom. The average Bonchev–Trinajstić information content (AvgIpc) is 2.74. The minimum absolute atomic E-state index is 0.707. The van der Waals surface area contributed by atoms with Gasteiger partial charge in [-0.1, -0.05) is 0 Å². The molecule has 18 heavy (non-hydrogen) atoms. The Morgan fingerprint density at radius 2 is 2.17 bits per heavy atom. The molecular weight excluding hydrogens is 242 g/mol. The van der Waals surface area contributed by atoms with Gasteiger partial charge in [-0.3, -0.25) is 0 Å². The van der Waals surface area contributed by atoms with E-state index in [1.54, 1.807) is 11.3 Å². The maximum absolute atomic E-state index is 8.87. The van der Waals surface area contributed by atoms with Gasteiger partial charge in [0.25, 0.3) is 0 Å². The van der Waals surface area contributed by atoms with Crippen molar-refractivity contribution in [2.24, 2.45) is 0 Å². The Hall–Kier alpha value is -1.86. The minimum atomic E-state index is 0.707. The highest BCUT2D eigenvalue weighted by molar-refractivity contribution is 7.09. The fourth-order valence-electron chi connectivity index (χ4n) is 1.93. The van der Waals surface area contributed by atoms with Crippen molar-refractivity contribution in [2.75, 3.05) is 11.9 Å². The van der Waals surface area contributed by atoms with Gasteiger partial charge >= 0.3 is 0 Å². The van der Waals surface area contributed by atoms with Gasteiger partial charge in [0.15, 0.2) is 0 Å². The largest absolute Gasteiger partial charge is 0.369 e.